The highest BCUT2D eigenvalue weighted by Gasteiger charge is 2.44. The van der Waals surface area contributed by atoms with Crippen LogP contribution in [0, 0.1) is 0 Å². The molecule has 0 radical (unpaired) electrons. The van der Waals surface area contributed by atoms with Crippen LogP contribution < -0.4 is 5.56 Å². The first-order valence-corrected chi connectivity index (χ1v) is 8.84. The van der Waals surface area contributed by atoms with Crippen LogP contribution >= 0.6 is 0 Å². The lowest BCUT2D eigenvalue weighted by atomic mass is 9.85. The number of rotatable bonds is 1. The van der Waals surface area contributed by atoms with Crippen molar-refractivity contribution in [3.05, 3.63) is 57.4 Å². The first-order valence-electron chi connectivity index (χ1n) is 8.84. The molecule has 0 saturated heterocycles. The minimum atomic E-state index is -1.63. The van der Waals surface area contributed by atoms with Gasteiger partial charge in [-0.15, -0.1) is 0 Å². The fraction of sp³-hybridized carbons (Fsp3) is 0.300. The van der Waals surface area contributed by atoms with Crippen molar-refractivity contribution < 1.29 is 20.1 Å². The number of benzene rings is 1. The first-order chi connectivity index (χ1) is 12.9. The van der Waals surface area contributed by atoms with Crippen LogP contribution in [0.4, 0.5) is 0 Å². The Labute approximate surface area is 154 Å². The fourth-order valence-electron chi connectivity index (χ4n) is 4.09. The third-order valence-corrected chi connectivity index (χ3v) is 5.65. The van der Waals surface area contributed by atoms with Gasteiger partial charge in [0.05, 0.1) is 30.1 Å². The van der Waals surface area contributed by atoms with E-state index in [1.807, 2.05) is 6.07 Å². The van der Waals surface area contributed by atoms with Crippen molar-refractivity contribution in [2.24, 2.45) is 0 Å². The standard InChI is InChI=1S/C20H18N2O5/c1-2-20(26)14-7-16-17-11(5-10-6-12(23)3-4-15(10)21-17)8-22(16)18(24)13(14)9-27-19(20)25/h3-7,19,23,25-26H,2,8-9H2,1H3. The quantitative estimate of drug-likeness (QED) is 0.472. The van der Waals surface area contributed by atoms with Gasteiger partial charge in [-0.25, -0.2) is 4.98 Å². The van der Waals surface area contributed by atoms with Crippen molar-refractivity contribution in [3.63, 3.8) is 0 Å². The molecule has 0 fully saturated rings. The number of fused-ring (bicyclic) bond motifs is 5. The molecule has 7 heteroatoms. The van der Waals surface area contributed by atoms with Gasteiger partial charge >= 0.3 is 0 Å². The summed E-state index contributed by atoms with van der Waals surface area (Å²) >= 11 is 0. The van der Waals surface area contributed by atoms with Crippen LogP contribution in [0.2, 0.25) is 0 Å². The van der Waals surface area contributed by atoms with Crippen molar-refractivity contribution in [1.82, 2.24) is 9.55 Å². The van der Waals surface area contributed by atoms with Crippen molar-refractivity contribution in [3.8, 4) is 17.1 Å². The zero-order valence-electron chi connectivity index (χ0n) is 14.6. The van der Waals surface area contributed by atoms with Crippen molar-refractivity contribution in [1.29, 1.82) is 0 Å². The SMILES string of the molecule is CCC1(O)c2cc3n(c(=O)c2COC1O)Cc1cc2cc(O)ccc2nc1-3. The molecule has 0 saturated carbocycles. The number of hydrogen-bond acceptors (Lipinski definition) is 6. The van der Waals surface area contributed by atoms with E-state index < -0.39 is 11.9 Å². The Morgan fingerprint density at radius 3 is 2.93 bits per heavy atom. The van der Waals surface area contributed by atoms with Gasteiger partial charge in [0.1, 0.15) is 11.4 Å². The lowest BCUT2D eigenvalue weighted by molar-refractivity contribution is -0.236. The maximum absolute atomic E-state index is 13.1. The first kappa shape index (κ1) is 16.4. The zero-order valence-corrected chi connectivity index (χ0v) is 14.6. The molecule has 0 amide bonds. The molecule has 4 heterocycles. The van der Waals surface area contributed by atoms with E-state index in [-0.39, 0.29) is 24.3 Å². The van der Waals surface area contributed by atoms with E-state index in [0.29, 0.717) is 34.6 Å². The molecule has 2 aliphatic heterocycles. The highest BCUT2D eigenvalue weighted by molar-refractivity contribution is 5.85. The predicted octanol–water partition coefficient (Wildman–Crippen LogP) is 1.58. The van der Waals surface area contributed by atoms with Crippen LogP contribution in [0.25, 0.3) is 22.3 Å². The number of phenolic OH excluding ortho intramolecular Hbond substituents is 1. The van der Waals surface area contributed by atoms with E-state index in [1.54, 1.807) is 35.8 Å². The summed E-state index contributed by atoms with van der Waals surface area (Å²) < 4.78 is 6.87. The number of nitrogens with zero attached hydrogens (tertiary/aromatic N) is 2. The van der Waals surface area contributed by atoms with E-state index in [1.165, 1.54) is 0 Å². The number of aromatic nitrogens is 2. The van der Waals surface area contributed by atoms with E-state index in [2.05, 4.69) is 4.98 Å². The number of pyridine rings is 2. The zero-order chi connectivity index (χ0) is 18.9. The third kappa shape index (κ3) is 2.13. The number of aliphatic hydroxyl groups excluding tert-OH is 1. The number of hydrogen-bond donors (Lipinski definition) is 3. The summed E-state index contributed by atoms with van der Waals surface area (Å²) in [6.45, 7) is 2.05. The van der Waals surface area contributed by atoms with Gasteiger partial charge in [0.15, 0.2) is 6.29 Å². The topological polar surface area (TPSA) is 105 Å². The maximum Gasteiger partial charge on any atom is 0.257 e. The van der Waals surface area contributed by atoms with E-state index in [9.17, 15) is 20.1 Å². The van der Waals surface area contributed by atoms with Gasteiger partial charge in [-0.1, -0.05) is 6.92 Å². The maximum atomic E-state index is 13.1. The summed E-state index contributed by atoms with van der Waals surface area (Å²) in [5.74, 6) is 0.159. The molecule has 138 valence electrons. The van der Waals surface area contributed by atoms with Crippen LogP contribution in [0.15, 0.2) is 35.1 Å². The lowest BCUT2D eigenvalue weighted by Gasteiger charge is -2.37. The average Bonchev–Trinajstić information content (AvgIpc) is 3.01. The number of aromatic hydroxyl groups is 1. The van der Waals surface area contributed by atoms with Gasteiger partial charge in [0, 0.05) is 22.1 Å². The Kier molecular flexibility index (Phi) is 3.28. The molecule has 1 aromatic carbocycles. The Hall–Kier alpha value is -2.74. The van der Waals surface area contributed by atoms with E-state index in [0.717, 1.165) is 10.9 Å². The van der Waals surface area contributed by atoms with Gasteiger partial charge in [-0.3, -0.25) is 4.79 Å². The smallest absolute Gasteiger partial charge is 0.257 e. The molecule has 2 atom stereocenters. The number of aliphatic hydroxyl groups is 2. The minimum Gasteiger partial charge on any atom is -0.508 e. The van der Waals surface area contributed by atoms with Crippen LogP contribution in [0.1, 0.15) is 30.0 Å². The summed E-state index contributed by atoms with van der Waals surface area (Å²) in [6.07, 6.45) is -1.17. The molecule has 3 aromatic rings. The van der Waals surface area contributed by atoms with Gasteiger partial charge in [-0.2, -0.15) is 0 Å². The highest BCUT2D eigenvalue weighted by Crippen LogP contribution is 2.40. The van der Waals surface area contributed by atoms with Crippen LogP contribution in [0.5, 0.6) is 5.75 Å². The van der Waals surface area contributed by atoms with Crippen molar-refractivity contribution >= 4 is 10.9 Å². The molecule has 27 heavy (non-hydrogen) atoms. The summed E-state index contributed by atoms with van der Waals surface area (Å²) in [7, 11) is 0. The predicted molar refractivity (Wildman–Crippen MR) is 97.2 cm³/mol. The normalized spacial score (nSPS) is 23.1. The Morgan fingerprint density at radius 1 is 1.33 bits per heavy atom. The molecule has 5 rings (SSSR count). The number of phenols is 1. The molecule has 2 aromatic heterocycles. The lowest BCUT2D eigenvalue weighted by Crippen LogP contribution is -2.47. The highest BCUT2D eigenvalue weighted by atomic mass is 16.6. The summed E-state index contributed by atoms with van der Waals surface area (Å²) in [6, 6.07) is 8.60. The van der Waals surface area contributed by atoms with Gasteiger partial charge in [0.25, 0.3) is 5.56 Å². The Bertz CT molecular complexity index is 1170. The summed E-state index contributed by atoms with van der Waals surface area (Å²) in [5, 5.41) is 31.6. The minimum absolute atomic E-state index is 0.0441. The van der Waals surface area contributed by atoms with Gasteiger partial charge in [-0.05, 0) is 36.8 Å². The second-order valence-corrected chi connectivity index (χ2v) is 7.13. The monoisotopic (exact) mass is 366 g/mol. The van der Waals surface area contributed by atoms with Crippen LogP contribution in [-0.2, 0) is 23.5 Å². The fourth-order valence-corrected chi connectivity index (χ4v) is 4.09. The van der Waals surface area contributed by atoms with Crippen LogP contribution in [0.3, 0.4) is 0 Å². The van der Waals surface area contributed by atoms with E-state index >= 15 is 0 Å². The molecule has 0 aliphatic carbocycles. The van der Waals surface area contributed by atoms with E-state index in [4.69, 9.17) is 4.74 Å². The molecule has 2 aliphatic rings. The molecule has 3 N–H and O–H groups in total. The van der Waals surface area contributed by atoms with Crippen molar-refractivity contribution in [2.45, 2.75) is 38.4 Å². The second kappa shape index (κ2) is 5.39. The Morgan fingerprint density at radius 2 is 2.15 bits per heavy atom. The molecular formula is C20H18N2O5. The molecule has 7 nitrogen and oxygen atoms in total. The number of ether oxygens (including phenoxy) is 1. The van der Waals surface area contributed by atoms with Crippen LogP contribution in [-0.4, -0.2) is 31.2 Å². The van der Waals surface area contributed by atoms with Gasteiger partial charge < -0.3 is 24.6 Å². The molecule has 0 bridgehead atoms. The molecular weight excluding hydrogens is 348 g/mol. The second-order valence-electron chi connectivity index (χ2n) is 7.13. The third-order valence-electron chi connectivity index (χ3n) is 5.65. The molecule has 2 unspecified atom stereocenters. The largest absolute Gasteiger partial charge is 0.508 e. The average molecular weight is 366 g/mol. The van der Waals surface area contributed by atoms with Gasteiger partial charge in [0.2, 0.25) is 0 Å². The molecule has 0 spiro atoms. The van der Waals surface area contributed by atoms with Crippen molar-refractivity contribution in [2.75, 3.05) is 0 Å². The summed E-state index contributed by atoms with van der Waals surface area (Å²) in [5.41, 5.74) is 1.76. The summed E-state index contributed by atoms with van der Waals surface area (Å²) in [4.78, 5) is 17.7. The Balaban J connectivity index is 1.78.